The molecule has 0 amide bonds. The number of carboxylic acids is 1. The van der Waals surface area contributed by atoms with E-state index in [0.717, 1.165) is 16.7 Å². The van der Waals surface area contributed by atoms with Crippen LogP contribution in [0.3, 0.4) is 0 Å². The average molecular weight is 348 g/mol. The van der Waals surface area contributed by atoms with Gasteiger partial charge >= 0.3 is 5.97 Å². The fourth-order valence-electron chi connectivity index (χ4n) is 2.67. The van der Waals surface area contributed by atoms with Crippen LogP contribution in [0.25, 0.3) is 11.1 Å². The molecule has 0 aliphatic carbocycles. The summed E-state index contributed by atoms with van der Waals surface area (Å²) in [7, 11) is 0. The quantitative estimate of drug-likeness (QED) is 0.717. The summed E-state index contributed by atoms with van der Waals surface area (Å²) < 4.78 is 0. The molecule has 0 aliphatic heterocycles. The molecule has 0 bridgehead atoms. The lowest BCUT2D eigenvalue weighted by molar-refractivity contribution is -0.151. The minimum atomic E-state index is -1.21. The highest BCUT2D eigenvalue weighted by Crippen LogP contribution is 2.25. The van der Waals surface area contributed by atoms with Crippen LogP contribution in [-0.2, 0) is 11.2 Å². The molecule has 0 saturated heterocycles. The topological polar surface area (TPSA) is 83.5 Å². The lowest BCUT2D eigenvalue weighted by atomic mass is 9.83. The van der Waals surface area contributed by atoms with Crippen molar-refractivity contribution in [3.63, 3.8) is 0 Å². The Labute approximate surface area is 146 Å². The summed E-state index contributed by atoms with van der Waals surface area (Å²) in [4.78, 5) is 11.2. The third kappa shape index (κ3) is 4.57. The summed E-state index contributed by atoms with van der Waals surface area (Å²) in [6.45, 7) is 1.08. The van der Waals surface area contributed by atoms with Crippen LogP contribution in [0, 0.1) is 5.41 Å². The highest BCUT2D eigenvalue weighted by molar-refractivity contribution is 6.30. The molecule has 2 aromatic rings. The maximum atomic E-state index is 11.2. The smallest absolute Gasteiger partial charge is 0.311 e. The molecule has 4 N–H and O–H groups in total. The van der Waals surface area contributed by atoms with E-state index in [2.05, 4.69) is 0 Å². The lowest BCUT2D eigenvalue weighted by Crippen LogP contribution is -2.39. The number of nitrogens with two attached hydrogens (primary N) is 1. The standard InChI is InChI=1S/C19H22ClNO3/c1-19(12-22,18(23)24)11-17(21)9-13-5-7-14(8-6-13)15-3-2-4-16(20)10-15/h2-8,10,17,22H,9,11-12,21H2,1H3,(H,23,24). The van der Waals surface area contributed by atoms with E-state index in [0.29, 0.717) is 11.4 Å². The van der Waals surface area contributed by atoms with Crippen LogP contribution in [0.15, 0.2) is 48.5 Å². The molecule has 0 aliphatic rings. The predicted molar refractivity (Wildman–Crippen MR) is 96.0 cm³/mol. The number of carbonyl (C=O) groups is 1. The number of carboxylic acid groups (broad SMARTS) is 1. The number of aliphatic hydroxyl groups is 1. The summed E-state index contributed by atoms with van der Waals surface area (Å²) in [6, 6.07) is 15.2. The Morgan fingerprint density at radius 3 is 2.42 bits per heavy atom. The molecule has 2 unspecified atom stereocenters. The summed E-state index contributed by atoms with van der Waals surface area (Å²) >= 11 is 6.01. The van der Waals surface area contributed by atoms with Gasteiger partial charge in [-0.2, -0.15) is 0 Å². The molecule has 2 rings (SSSR count). The van der Waals surface area contributed by atoms with Crippen molar-refractivity contribution in [1.82, 2.24) is 0 Å². The second kappa shape index (κ2) is 7.79. The molecular weight excluding hydrogens is 326 g/mol. The van der Waals surface area contributed by atoms with Crippen molar-refractivity contribution in [2.45, 2.75) is 25.8 Å². The molecule has 0 spiro atoms. The molecule has 2 atom stereocenters. The Balaban J connectivity index is 2.05. The molecule has 0 saturated carbocycles. The molecule has 0 radical (unpaired) electrons. The van der Waals surface area contributed by atoms with Gasteiger partial charge in [-0.15, -0.1) is 0 Å². The number of rotatable bonds is 7. The predicted octanol–water partition coefficient (Wildman–Crippen LogP) is 3.35. The number of hydrogen-bond acceptors (Lipinski definition) is 3. The number of aliphatic hydroxyl groups excluding tert-OH is 1. The van der Waals surface area contributed by atoms with E-state index in [-0.39, 0.29) is 12.5 Å². The normalized spacial score (nSPS) is 14.8. The van der Waals surface area contributed by atoms with Gasteiger partial charge in [-0.25, -0.2) is 0 Å². The van der Waals surface area contributed by atoms with Gasteiger partial charge in [0.15, 0.2) is 0 Å². The highest BCUT2D eigenvalue weighted by atomic mass is 35.5. The zero-order valence-electron chi connectivity index (χ0n) is 13.6. The maximum absolute atomic E-state index is 11.2. The van der Waals surface area contributed by atoms with Crippen molar-refractivity contribution < 1.29 is 15.0 Å². The van der Waals surface area contributed by atoms with Crippen molar-refractivity contribution in [2.24, 2.45) is 11.1 Å². The van der Waals surface area contributed by atoms with Crippen LogP contribution in [0.2, 0.25) is 5.02 Å². The van der Waals surface area contributed by atoms with Gasteiger partial charge in [0.05, 0.1) is 12.0 Å². The molecule has 0 fully saturated rings. The molecular formula is C19H22ClNO3. The van der Waals surface area contributed by atoms with E-state index >= 15 is 0 Å². The van der Waals surface area contributed by atoms with Crippen molar-refractivity contribution in [3.8, 4) is 11.1 Å². The van der Waals surface area contributed by atoms with E-state index in [1.165, 1.54) is 6.92 Å². The Kier molecular flexibility index (Phi) is 5.99. The van der Waals surface area contributed by atoms with Crippen LogP contribution >= 0.6 is 11.6 Å². The first kappa shape index (κ1) is 18.5. The Morgan fingerprint density at radius 2 is 1.88 bits per heavy atom. The van der Waals surface area contributed by atoms with E-state index < -0.39 is 18.0 Å². The van der Waals surface area contributed by atoms with E-state index in [1.54, 1.807) is 0 Å². The molecule has 4 nitrogen and oxygen atoms in total. The second-order valence-electron chi connectivity index (χ2n) is 6.40. The highest BCUT2D eigenvalue weighted by Gasteiger charge is 2.34. The molecule has 0 heterocycles. The van der Waals surface area contributed by atoms with Crippen molar-refractivity contribution in [2.75, 3.05) is 6.61 Å². The van der Waals surface area contributed by atoms with Gasteiger partial charge in [-0.05, 0) is 48.6 Å². The monoisotopic (exact) mass is 347 g/mol. The van der Waals surface area contributed by atoms with Crippen molar-refractivity contribution >= 4 is 17.6 Å². The number of aliphatic carboxylic acids is 1. The Morgan fingerprint density at radius 1 is 1.21 bits per heavy atom. The van der Waals surface area contributed by atoms with Gasteiger partial charge in [0, 0.05) is 11.1 Å². The van der Waals surface area contributed by atoms with Crippen molar-refractivity contribution in [3.05, 3.63) is 59.1 Å². The number of halogens is 1. The van der Waals surface area contributed by atoms with Crippen LogP contribution in [-0.4, -0.2) is 28.8 Å². The number of hydrogen-bond donors (Lipinski definition) is 3. The molecule has 24 heavy (non-hydrogen) atoms. The summed E-state index contributed by atoms with van der Waals surface area (Å²) in [5, 5.41) is 19.2. The van der Waals surface area contributed by atoms with E-state index in [9.17, 15) is 15.0 Å². The zero-order valence-corrected chi connectivity index (χ0v) is 14.3. The zero-order chi connectivity index (χ0) is 17.7. The Bertz CT molecular complexity index is 702. The summed E-state index contributed by atoms with van der Waals surface area (Å²) in [5.41, 5.74) is 8.00. The summed E-state index contributed by atoms with van der Waals surface area (Å²) in [5.74, 6) is -1.03. The summed E-state index contributed by atoms with van der Waals surface area (Å²) in [6.07, 6.45) is 0.771. The minimum Gasteiger partial charge on any atom is -0.481 e. The minimum absolute atomic E-state index is 0.217. The van der Waals surface area contributed by atoms with Crippen LogP contribution in [0.1, 0.15) is 18.9 Å². The van der Waals surface area contributed by atoms with E-state index in [4.69, 9.17) is 17.3 Å². The first-order valence-corrected chi connectivity index (χ1v) is 8.16. The molecule has 2 aromatic carbocycles. The van der Waals surface area contributed by atoms with Gasteiger partial charge in [-0.1, -0.05) is 48.0 Å². The third-order valence-electron chi connectivity index (χ3n) is 4.19. The van der Waals surface area contributed by atoms with Crippen LogP contribution < -0.4 is 5.73 Å². The van der Waals surface area contributed by atoms with Gasteiger partial charge < -0.3 is 15.9 Å². The van der Waals surface area contributed by atoms with Crippen molar-refractivity contribution in [1.29, 1.82) is 0 Å². The molecule has 128 valence electrons. The van der Waals surface area contributed by atoms with Gasteiger partial charge in [0.1, 0.15) is 0 Å². The van der Waals surface area contributed by atoms with Crippen LogP contribution in [0.5, 0.6) is 0 Å². The molecule has 5 heteroatoms. The van der Waals surface area contributed by atoms with Gasteiger partial charge in [-0.3, -0.25) is 4.79 Å². The van der Waals surface area contributed by atoms with Gasteiger partial charge in [0.2, 0.25) is 0 Å². The number of benzene rings is 2. The SMILES string of the molecule is CC(CO)(CC(N)Cc1ccc(-c2cccc(Cl)c2)cc1)C(=O)O. The first-order valence-electron chi connectivity index (χ1n) is 7.79. The Hall–Kier alpha value is -1.88. The van der Waals surface area contributed by atoms with E-state index in [1.807, 2.05) is 48.5 Å². The lowest BCUT2D eigenvalue weighted by Gasteiger charge is -2.25. The fraction of sp³-hybridized carbons (Fsp3) is 0.316. The second-order valence-corrected chi connectivity index (χ2v) is 6.84. The fourth-order valence-corrected chi connectivity index (χ4v) is 2.86. The third-order valence-corrected chi connectivity index (χ3v) is 4.42. The van der Waals surface area contributed by atoms with Gasteiger partial charge in [0.25, 0.3) is 0 Å². The largest absolute Gasteiger partial charge is 0.481 e. The van der Waals surface area contributed by atoms with Crippen LogP contribution in [0.4, 0.5) is 0 Å². The average Bonchev–Trinajstić information content (AvgIpc) is 2.55. The first-order chi connectivity index (χ1) is 11.3. The molecule has 0 aromatic heterocycles. The maximum Gasteiger partial charge on any atom is 0.311 e.